The van der Waals surface area contributed by atoms with E-state index in [2.05, 4.69) is 19.1 Å². The van der Waals surface area contributed by atoms with Gasteiger partial charge in [0.05, 0.1) is 12.2 Å². The summed E-state index contributed by atoms with van der Waals surface area (Å²) in [5.74, 6) is -0.763. The molecule has 1 heterocycles. The van der Waals surface area contributed by atoms with Crippen LogP contribution in [-0.2, 0) is 9.53 Å². The quantitative estimate of drug-likeness (QED) is 0.280. The zero-order valence-electron chi connectivity index (χ0n) is 14.8. The van der Waals surface area contributed by atoms with E-state index in [1.54, 1.807) is 6.08 Å². The predicted octanol–water partition coefficient (Wildman–Crippen LogP) is 4.40. The molecular weight excluding hydrogens is 304 g/mol. The summed E-state index contributed by atoms with van der Waals surface area (Å²) in [6, 6.07) is 0. The molecule has 1 rings (SSSR count). The molecule has 1 unspecified atom stereocenters. The summed E-state index contributed by atoms with van der Waals surface area (Å²) >= 11 is 0. The Kier molecular flexibility index (Phi) is 11.2. The number of allylic oxidation sites excluding steroid dienone is 2. The van der Waals surface area contributed by atoms with Crippen molar-refractivity contribution in [2.24, 2.45) is 0 Å². The first-order valence-corrected chi connectivity index (χ1v) is 9.17. The Hall–Kier alpha value is -1.39. The van der Waals surface area contributed by atoms with Gasteiger partial charge in [-0.15, -0.1) is 0 Å². The molecule has 1 fully saturated rings. The van der Waals surface area contributed by atoms with Gasteiger partial charge < -0.3 is 14.9 Å². The van der Waals surface area contributed by atoms with Crippen LogP contribution in [0.4, 0.5) is 0 Å². The van der Waals surface area contributed by atoms with Crippen molar-refractivity contribution in [2.45, 2.75) is 83.0 Å². The molecule has 0 aromatic carbocycles. The SMILES string of the molecule is CCCCCC=CC[C@@H]1O[C@H]1C=CC(O)CC=CCCCC(=O)O. The number of carbonyl (C=O) groups is 1. The van der Waals surface area contributed by atoms with Crippen LogP contribution in [0.5, 0.6) is 0 Å². The van der Waals surface area contributed by atoms with Crippen molar-refractivity contribution in [3.8, 4) is 0 Å². The molecule has 136 valence electrons. The molecule has 1 aliphatic heterocycles. The number of aliphatic hydroxyl groups is 1. The van der Waals surface area contributed by atoms with Crippen molar-refractivity contribution in [1.29, 1.82) is 0 Å². The van der Waals surface area contributed by atoms with Gasteiger partial charge >= 0.3 is 5.97 Å². The average Bonchev–Trinajstić information content (AvgIpc) is 3.30. The van der Waals surface area contributed by atoms with Crippen LogP contribution in [0.15, 0.2) is 36.5 Å². The van der Waals surface area contributed by atoms with Gasteiger partial charge in [0.2, 0.25) is 0 Å². The van der Waals surface area contributed by atoms with Crippen molar-refractivity contribution in [2.75, 3.05) is 0 Å². The lowest BCUT2D eigenvalue weighted by Gasteiger charge is -1.99. The van der Waals surface area contributed by atoms with Crippen molar-refractivity contribution >= 4 is 5.97 Å². The average molecular weight is 336 g/mol. The highest BCUT2D eigenvalue weighted by molar-refractivity contribution is 5.66. The highest BCUT2D eigenvalue weighted by atomic mass is 16.6. The standard InChI is InChI=1S/C20H32O4/c1-2-3-4-5-6-10-13-18-19(24-18)16-15-17(21)12-9-7-8-11-14-20(22)23/h6-7,9-10,15-19,21H,2-5,8,11-14H2,1H3,(H,22,23)/t17?,18-,19-/m0/s1. The summed E-state index contributed by atoms with van der Waals surface area (Å²) in [6.07, 6.45) is 19.9. The minimum atomic E-state index is -0.763. The molecule has 2 N–H and O–H groups in total. The van der Waals surface area contributed by atoms with E-state index >= 15 is 0 Å². The number of aliphatic carboxylic acids is 1. The van der Waals surface area contributed by atoms with E-state index in [1.807, 2.05) is 18.2 Å². The summed E-state index contributed by atoms with van der Waals surface area (Å²) in [5, 5.41) is 18.4. The van der Waals surface area contributed by atoms with Gasteiger partial charge in [-0.2, -0.15) is 0 Å². The Labute approximate surface area is 145 Å². The third-order valence-corrected chi connectivity index (χ3v) is 3.96. The minimum absolute atomic E-state index is 0.138. The van der Waals surface area contributed by atoms with Crippen LogP contribution in [0, 0.1) is 0 Å². The number of ether oxygens (including phenoxy) is 1. The van der Waals surface area contributed by atoms with Crippen molar-refractivity contribution < 1.29 is 19.7 Å². The molecule has 0 saturated carbocycles. The monoisotopic (exact) mass is 336 g/mol. The number of aliphatic hydroxyl groups excluding tert-OH is 1. The van der Waals surface area contributed by atoms with Crippen molar-refractivity contribution in [3.63, 3.8) is 0 Å². The molecule has 3 atom stereocenters. The number of carboxylic acids is 1. The molecule has 4 heteroatoms. The van der Waals surface area contributed by atoms with Gasteiger partial charge in [-0.05, 0) is 38.5 Å². The lowest BCUT2D eigenvalue weighted by Crippen LogP contribution is -2.00. The molecule has 0 radical (unpaired) electrons. The summed E-state index contributed by atoms with van der Waals surface area (Å²) in [4.78, 5) is 10.4. The number of carboxylic acid groups (broad SMARTS) is 1. The van der Waals surface area contributed by atoms with Crippen LogP contribution in [-0.4, -0.2) is 34.5 Å². The molecule has 1 aliphatic rings. The normalized spacial score (nSPS) is 21.9. The van der Waals surface area contributed by atoms with Gasteiger partial charge in [-0.3, -0.25) is 4.79 Å². The van der Waals surface area contributed by atoms with Crippen LogP contribution in [0.3, 0.4) is 0 Å². The van der Waals surface area contributed by atoms with Crippen LogP contribution in [0.25, 0.3) is 0 Å². The molecule has 0 bridgehead atoms. The lowest BCUT2D eigenvalue weighted by atomic mass is 10.1. The highest BCUT2D eigenvalue weighted by Crippen LogP contribution is 2.27. The van der Waals surface area contributed by atoms with E-state index in [9.17, 15) is 9.90 Å². The summed E-state index contributed by atoms with van der Waals surface area (Å²) in [7, 11) is 0. The van der Waals surface area contributed by atoms with Crippen molar-refractivity contribution in [3.05, 3.63) is 36.5 Å². The second kappa shape index (κ2) is 13.0. The van der Waals surface area contributed by atoms with E-state index in [4.69, 9.17) is 9.84 Å². The Balaban J connectivity index is 2.04. The fraction of sp³-hybridized carbons (Fsp3) is 0.650. The van der Waals surface area contributed by atoms with E-state index in [0.29, 0.717) is 12.8 Å². The van der Waals surface area contributed by atoms with Crippen LogP contribution < -0.4 is 0 Å². The highest BCUT2D eigenvalue weighted by Gasteiger charge is 2.34. The fourth-order valence-corrected chi connectivity index (χ4v) is 2.42. The second-order valence-electron chi connectivity index (χ2n) is 6.29. The van der Waals surface area contributed by atoms with Gasteiger partial charge in [-0.1, -0.05) is 56.2 Å². The third kappa shape index (κ3) is 11.2. The maximum atomic E-state index is 10.4. The number of epoxide rings is 1. The first kappa shape index (κ1) is 20.7. The minimum Gasteiger partial charge on any atom is -0.481 e. The largest absolute Gasteiger partial charge is 0.481 e. The molecule has 0 spiro atoms. The van der Waals surface area contributed by atoms with Gasteiger partial charge in [-0.25, -0.2) is 0 Å². The van der Waals surface area contributed by atoms with Crippen LogP contribution in [0.2, 0.25) is 0 Å². The molecule has 0 aliphatic carbocycles. The summed E-state index contributed by atoms with van der Waals surface area (Å²) in [6.45, 7) is 2.21. The fourth-order valence-electron chi connectivity index (χ4n) is 2.42. The first-order valence-electron chi connectivity index (χ1n) is 9.17. The number of unbranched alkanes of at least 4 members (excludes halogenated alkanes) is 4. The third-order valence-electron chi connectivity index (χ3n) is 3.96. The van der Waals surface area contributed by atoms with Gasteiger partial charge in [0, 0.05) is 6.42 Å². The Morgan fingerprint density at radius 3 is 2.62 bits per heavy atom. The first-order chi connectivity index (χ1) is 11.6. The Bertz CT molecular complexity index is 425. The molecular formula is C20H32O4. The van der Waals surface area contributed by atoms with E-state index in [1.165, 1.54) is 19.3 Å². The smallest absolute Gasteiger partial charge is 0.303 e. The number of hydrogen-bond acceptors (Lipinski definition) is 3. The summed E-state index contributed by atoms with van der Waals surface area (Å²) in [5.41, 5.74) is 0. The maximum Gasteiger partial charge on any atom is 0.303 e. The molecule has 24 heavy (non-hydrogen) atoms. The van der Waals surface area contributed by atoms with E-state index in [-0.39, 0.29) is 18.6 Å². The van der Waals surface area contributed by atoms with Gasteiger partial charge in [0.15, 0.2) is 0 Å². The Morgan fingerprint density at radius 2 is 1.88 bits per heavy atom. The molecule has 4 nitrogen and oxygen atoms in total. The lowest BCUT2D eigenvalue weighted by molar-refractivity contribution is -0.137. The predicted molar refractivity (Wildman–Crippen MR) is 97.0 cm³/mol. The van der Waals surface area contributed by atoms with E-state index < -0.39 is 12.1 Å². The number of rotatable bonds is 14. The van der Waals surface area contributed by atoms with Crippen molar-refractivity contribution in [1.82, 2.24) is 0 Å². The topological polar surface area (TPSA) is 70.1 Å². The second-order valence-corrected chi connectivity index (χ2v) is 6.29. The zero-order valence-corrected chi connectivity index (χ0v) is 14.8. The molecule has 0 aromatic rings. The Morgan fingerprint density at radius 1 is 1.12 bits per heavy atom. The van der Waals surface area contributed by atoms with E-state index in [0.717, 1.165) is 19.3 Å². The zero-order chi connectivity index (χ0) is 17.6. The van der Waals surface area contributed by atoms with Crippen LogP contribution >= 0.6 is 0 Å². The molecule has 1 saturated heterocycles. The summed E-state index contributed by atoms with van der Waals surface area (Å²) < 4.78 is 5.55. The number of hydrogen-bond donors (Lipinski definition) is 2. The molecule has 0 aromatic heterocycles. The van der Waals surface area contributed by atoms with Crippen LogP contribution in [0.1, 0.15) is 64.7 Å². The molecule has 0 amide bonds. The maximum absolute atomic E-state index is 10.4. The van der Waals surface area contributed by atoms with Gasteiger partial charge in [0.25, 0.3) is 0 Å². The van der Waals surface area contributed by atoms with Gasteiger partial charge in [0.1, 0.15) is 6.10 Å².